The molecule has 2 aromatic carbocycles. The predicted molar refractivity (Wildman–Crippen MR) is 129 cm³/mol. The molecule has 34 heavy (non-hydrogen) atoms. The SMILES string of the molecule is CCn1c(SCC(=O)Nc2ccc(NC(=O)c3cccc(F)c3)cc2)nnc1-c1ccncc1. The van der Waals surface area contributed by atoms with Gasteiger partial charge in [-0.15, -0.1) is 10.2 Å². The summed E-state index contributed by atoms with van der Waals surface area (Å²) in [6.45, 7) is 2.66. The summed E-state index contributed by atoms with van der Waals surface area (Å²) in [5, 5.41) is 14.6. The second-order valence-electron chi connectivity index (χ2n) is 7.17. The number of aromatic nitrogens is 4. The van der Waals surface area contributed by atoms with E-state index in [1.165, 1.54) is 36.0 Å². The third-order valence-corrected chi connectivity index (χ3v) is 5.78. The number of halogens is 1. The average molecular weight is 477 g/mol. The third-order valence-electron chi connectivity index (χ3n) is 4.82. The number of benzene rings is 2. The molecule has 0 aliphatic carbocycles. The van der Waals surface area contributed by atoms with Crippen molar-refractivity contribution in [1.82, 2.24) is 19.7 Å². The fourth-order valence-corrected chi connectivity index (χ4v) is 3.99. The number of carbonyl (C=O) groups is 2. The van der Waals surface area contributed by atoms with E-state index in [9.17, 15) is 14.0 Å². The van der Waals surface area contributed by atoms with Gasteiger partial charge in [-0.05, 0) is 61.5 Å². The molecule has 2 heterocycles. The molecule has 2 amide bonds. The highest BCUT2D eigenvalue weighted by Gasteiger charge is 2.15. The van der Waals surface area contributed by atoms with Crippen molar-refractivity contribution >= 4 is 35.0 Å². The van der Waals surface area contributed by atoms with Crippen LogP contribution in [0.25, 0.3) is 11.4 Å². The molecule has 10 heteroatoms. The number of thioether (sulfide) groups is 1. The Morgan fingerprint density at radius 1 is 0.971 bits per heavy atom. The summed E-state index contributed by atoms with van der Waals surface area (Å²) < 4.78 is 15.2. The number of amides is 2. The van der Waals surface area contributed by atoms with Gasteiger partial charge in [0.1, 0.15) is 5.82 Å². The zero-order valence-electron chi connectivity index (χ0n) is 18.2. The highest BCUT2D eigenvalue weighted by molar-refractivity contribution is 7.99. The van der Waals surface area contributed by atoms with E-state index in [-0.39, 0.29) is 17.2 Å². The zero-order valence-corrected chi connectivity index (χ0v) is 19.1. The molecule has 0 aliphatic rings. The van der Waals surface area contributed by atoms with Crippen LogP contribution in [0.1, 0.15) is 17.3 Å². The normalized spacial score (nSPS) is 10.6. The van der Waals surface area contributed by atoms with Crippen LogP contribution < -0.4 is 10.6 Å². The molecule has 0 spiro atoms. The van der Waals surface area contributed by atoms with Crippen LogP contribution in [0.4, 0.5) is 15.8 Å². The van der Waals surface area contributed by atoms with E-state index in [0.717, 1.165) is 11.4 Å². The summed E-state index contributed by atoms with van der Waals surface area (Å²) in [4.78, 5) is 28.7. The topological polar surface area (TPSA) is 102 Å². The molecule has 8 nitrogen and oxygen atoms in total. The van der Waals surface area contributed by atoms with Crippen molar-refractivity contribution in [3.63, 3.8) is 0 Å². The minimum Gasteiger partial charge on any atom is -0.325 e. The molecular formula is C24H21FN6O2S. The van der Waals surface area contributed by atoms with Gasteiger partial charge < -0.3 is 15.2 Å². The van der Waals surface area contributed by atoms with E-state index in [2.05, 4.69) is 25.8 Å². The van der Waals surface area contributed by atoms with Crippen molar-refractivity contribution in [2.45, 2.75) is 18.6 Å². The lowest BCUT2D eigenvalue weighted by Gasteiger charge is -2.09. The number of pyridine rings is 1. The molecule has 2 N–H and O–H groups in total. The highest BCUT2D eigenvalue weighted by atomic mass is 32.2. The van der Waals surface area contributed by atoms with Crippen molar-refractivity contribution in [2.75, 3.05) is 16.4 Å². The lowest BCUT2D eigenvalue weighted by molar-refractivity contribution is -0.113. The van der Waals surface area contributed by atoms with Gasteiger partial charge in [0.15, 0.2) is 11.0 Å². The van der Waals surface area contributed by atoms with Crippen molar-refractivity contribution in [2.24, 2.45) is 0 Å². The molecule has 4 rings (SSSR count). The van der Waals surface area contributed by atoms with Crippen molar-refractivity contribution < 1.29 is 14.0 Å². The predicted octanol–water partition coefficient (Wildman–Crippen LogP) is 4.48. The van der Waals surface area contributed by atoms with Crippen molar-refractivity contribution in [3.8, 4) is 11.4 Å². The van der Waals surface area contributed by atoms with Crippen LogP contribution in [0.5, 0.6) is 0 Å². The van der Waals surface area contributed by atoms with Gasteiger partial charge in [0.05, 0.1) is 5.75 Å². The van der Waals surface area contributed by atoms with E-state index in [0.29, 0.717) is 23.1 Å². The van der Waals surface area contributed by atoms with Crippen LogP contribution in [0, 0.1) is 5.82 Å². The van der Waals surface area contributed by atoms with Crippen molar-refractivity contribution in [1.29, 1.82) is 0 Å². The minimum atomic E-state index is -0.477. The van der Waals surface area contributed by atoms with Crippen LogP contribution in [0.2, 0.25) is 0 Å². The van der Waals surface area contributed by atoms with Gasteiger partial charge in [-0.25, -0.2) is 4.39 Å². The Bertz CT molecular complexity index is 1290. The Labute approximate surface area is 199 Å². The maximum Gasteiger partial charge on any atom is 0.255 e. The lowest BCUT2D eigenvalue weighted by atomic mass is 10.2. The molecule has 0 atom stereocenters. The molecule has 0 saturated heterocycles. The van der Waals surface area contributed by atoms with Gasteiger partial charge in [0.2, 0.25) is 5.91 Å². The van der Waals surface area contributed by atoms with Gasteiger partial charge >= 0.3 is 0 Å². The fourth-order valence-electron chi connectivity index (χ4n) is 3.19. The molecule has 0 bridgehead atoms. The second-order valence-corrected chi connectivity index (χ2v) is 8.11. The van der Waals surface area contributed by atoms with Gasteiger partial charge in [-0.2, -0.15) is 0 Å². The van der Waals surface area contributed by atoms with Crippen LogP contribution in [0.3, 0.4) is 0 Å². The van der Waals surface area contributed by atoms with E-state index in [4.69, 9.17) is 0 Å². The highest BCUT2D eigenvalue weighted by Crippen LogP contribution is 2.24. The van der Waals surface area contributed by atoms with Crippen LogP contribution in [-0.4, -0.2) is 37.3 Å². The van der Waals surface area contributed by atoms with Gasteiger partial charge in [-0.1, -0.05) is 17.8 Å². The summed E-state index contributed by atoms with van der Waals surface area (Å²) in [5.41, 5.74) is 2.25. The summed E-state index contributed by atoms with van der Waals surface area (Å²) in [5.74, 6) is -0.207. The Balaban J connectivity index is 1.32. The monoisotopic (exact) mass is 476 g/mol. The van der Waals surface area contributed by atoms with E-state index in [1.807, 2.05) is 23.6 Å². The average Bonchev–Trinajstić information content (AvgIpc) is 3.27. The minimum absolute atomic E-state index is 0.159. The zero-order chi connectivity index (χ0) is 23.9. The molecule has 4 aromatic rings. The number of nitrogens with zero attached hydrogens (tertiary/aromatic N) is 4. The summed E-state index contributed by atoms with van der Waals surface area (Å²) in [6, 6.07) is 15.9. The molecule has 0 unspecified atom stereocenters. The molecule has 2 aromatic heterocycles. The van der Waals surface area contributed by atoms with Crippen LogP contribution in [-0.2, 0) is 11.3 Å². The first-order valence-corrected chi connectivity index (χ1v) is 11.5. The fraction of sp³-hybridized carbons (Fsp3) is 0.125. The van der Waals surface area contributed by atoms with E-state index in [1.54, 1.807) is 36.7 Å². The summed E-state index contributed by atoms with van der Waals surface area (Å²) in [6.07, 6.45) is 3.39. The number of hydrogen-bond donors (Lipinski definition) is 2. The van der Waals surface area contributed by atoms with E-state index >= 15 is 0 Å². The molecule has 0 aliphatic heterocycles. The van der Waals surface area contributed by atoms with Crippen molar-refractivity contribution in [3.05, 3.63) is 84.4 Å². The number of hydrogen-bond acceptors (Lipinski definition) is 6. The quantitative estimate of drug-likeness (QED) is 0.364. The molecular weight excluding hydrogens is 455 g/mol. The Morgan fingerprint density at radius 2 is 1.68 bits per heavy atom. The number of rotatable bonds is 8. The van der Waals surface area contributed by atoms with E-state index < -0.39 is 11.7 Å². The maximum atomic E-state index is 13.3. The molecule has 0 saturated carbocycles. The van der Waals surface area contributed by atoms with Gasteiger partial charge in [0, 0.05) is 41.4 Å². The van der Waals surface area contributed by atoms with Crippen LogP contribution in [0.15, 0.2) is 78.2 Å². The standard InChI is InChI=1S/C24H21FN6O2S/c1-2-31-22(16-10-12-26-13-11-16)29-30-24(31)34-15-21(32)27-19-6-8-20(9-7-19)28-23(33)17-4-3-5-18(25)14-17/h3-14H,2,15H2,1H3,(H,27,32)(H,28,33). The number of nitrogens with one attached hydrogen (secondary N) is 2. The third kappa shape index (κ3) is 5.65. The number of carbonyl (C=O) groups excluding carboxylic acids is 2. The Kier molecular flexibility index (Phi) is 7.28. The van der Waals surface area contributed by atoms with Gasteiger partial charge in [-0.3, -0.25) is 14.6 Å². The molecule has 0 radical (unpaired) electrons. The largest absolute Gasteiger partial charge is 0.325 e. The number of anilines is 2. The lowest BCUT2D eigenvalue weighted by Crippen LogP contribution is -2.15. The maximum absolute atomic E-state index is 13.3. The summed E-state index contributed by atoms with van der Waals surface area (Å²) in [7, 11) is 0. The Morgan fingerprint density at radius 3 is 2.35 bits per heavy atom. The molecule has 172 valence electrons. The first-order chi connectivity index (χ1) is 16.5. The first-order valence-electron chi connectivity index (χ1n) is 10.5. The smallest absolute Gasteiger partial charge is 0.255 e. The Hall–Kier alpha value is -4.05. The molecule has 0 fully saturated rings. The van der Waals surface area contributed by atoms with Crippen LogP contribution >= 0.6 is 11.8 Å². The summed E-state index contributed by atoms with van der Waals surface area (Å²) >= 11 is 1.30. The van der Waals surface area contributed by atoms with Gasteiger partial charge in [0.25, 0.3) is 5.91 Å². The first kappa shape index (κ1) is 23.1. The second kappa shape index (κ2) is 10.7.